The molecule has 0 radical (unpaired) electrons. The van der Waals surface area contributed by atoms with Crippen LogP contribution in [0.15, 0.2) is 23.1 Å². The number of hydrogen-bond donors (Lipinski definition) is 0. The molecule has 1 aromatic heterocycles. The molecule has 0 spiro atoms. The first-order valence-corrected chi connectivity index (χ1v) is 9.68. The molecule has 0 aliphatic carbocycles. The van der Waals surface area contributed by atoms with Crippen molar-refractivity contribution in [1.82, 2.24) is 14.1 Å². The van der Waals surface area contributed by atoms with E-state index in [-0.39, 0.29) is 27.4 Å². The zero-order valence-electron chi connectivity index (χ0n) is 14.3. The number of rotatable bonds is 5. The molecular weight excluding hydrogens is 369 g/mol. The lowest BCUT2D eigenvalue weighted by Crippen LogP contribution is -2.27. The Morgan fingerprint density at radius 3 is 2.25 bits per heavy atom. The monoisotopic (exact) mass is 389 g/mol. The summed E-state index contributed by atoms with van der Waals surface area (Å²) in [4.78, 5) is 0.0788. The van der Waals surface area contributed by atoms with Gasteiger partial charge in [0.05, 0.1) is 10.6 Å². The Labute approximate surface area is 153 Å². The maximum absolute atomic E-state index is 12.8. The van der Waals surface area contributed by atoms with Gasteiger partial charge in [-0.2, -0.15) is 9.40 Å². The van der Waals surface area contributed by atoms with Gasteiger partial charge in [-0.05, 0) is 31.0 Å². The van der Waals surface area contributed by atoms with Gasteiger partial charge in [-0.25, -0.2) is 8.42 Å². The van der Waals surface area contributed by atoms with Crippen LogP contribution in [0.5, 0.6) is 0 Å². The van der Waals surface area contributed by atoms with E-state index in [1.807, 2.05) is 18.7 Å². The van der Waals surface area contributed by atoms with E-state index in [9.17, 15) is 8.42 Å². The number of aromatic nitrogens is 2. The third-order valence-electron chi connectivity index (χ3n) is 3.87. The highest BCUT2D eigenvalue weighted by molar-refractivity contribution is 7.89. The van der Waals surface area contributed by atoms with Gasteiger partial charge in [0.15, 0.2) is 0 Å². The third kappa shape index (κ3) is 3.77. The van der Waals surface area contributed by atoms with E-state index < -0.39 is 10.0 Å². The molecule has 0 saturated heterocycles. The van der Waals surface area contributed by atoms with Crippen molar-refractivity contribution in [3.63, 3.8) is 0 Å². The molecule has 0 amide bonds. The van der Waals surface area contributed by atoms with Crippen molar-refractivity contribution < 1.29 is 8.42 Å². The second-order valence-corrected chi connectivity index (χ2v) is 9.01. The Morgan fingerprint density at radius 1 is 1.21 bits per heavy atom. The van der Waals surface area contributed by atoms with Crippen LogP contribution in [0.25, 0.3) is 0 Å². The zero-order chi connectivity index (χ0) is 18.2. The summed E-state index contributed by atoms with van der Waals surface area (Å²) < 4.78 is 28.8. The van der Waals surface area contributed by atoms with Gasteiger partial charge in [-0.1, -0.05) is 37.0 Å². The number of sulfonamides is 1. The molecule has 0 unspecified atom stereocenters. The van der Waals surface area contributed by atoms with Crippen molar-refractivity contribution in [2.75, 3.05) is 7.05 Å². The Balaban J connectivity index is 2.41. The average Bonchev–Trinajstić information content (AvgIpc) is 2.71. The Bertz CT molecular complexity index is 840. The van der Waals surface area contributed by atoms with E-state index >= 15 is 0 Å². The second-order valence-electron chi connectivity index (χ2n) is 6.09. The highest BCUT2D eigenvalue weighted by Crippen LogP contribution is 2.27. The summed E-state index contributed by atoms with van der Waals surface area (Å²) in [6.45, 7) is 6.24. The summed E-state index contributed by atoms with van der Waals surface area (Å²) in [7, 11) is -0.290. The van der Waals surface area contributed by atoms with Gasteiger partial charge in [0.25, 0.3) is 0 Å². The van der Waals surface area contributed by atoms with Crippen LogP contribution in [0.3, 0.4) is 0 Å². The number of hydrogen-bond acceptors (Lipinski definition) is 3. The quantitative estimate of drug-likeness (QED) is 0.776. The predicted octanol–water partition coefficient (Wildman–Crippen LogP) is 3.98. The van der Waals surface area contributed by atoms with Crippen molar-refractivity contribution >= 4 is 33.2 Å². The standard InChI is InChI=1S/C16H21Cl2N3O2S/c1-10(2)16-15(11(3)19-21(16)5)9-20(4)24(22,23)14-7-12(17)6-13(18)8-14/h6-8,10H,9H2,1-5H3. The molecule has 0 N–H and O–H groups in total. The first-order valence-electron chi connectivity index (χ1n) is 7.48. The van der Waals surface area contributed by atoms with Gasteiger partial charge >= 0.3 is 0 Å². The number of nitrogens with zero attached hydrogens (tertiary/aromatic N) is 3. The maximum Gasteiger partial charge on any atom is 0.243 e. The lowest BCUT2D eigenvalue weighted by Gasteiger charge is -2.19. The van der Waals surface area contributed by atoms with Crippen LogP contribution in [0.4, 0.5) is 0 Å². The van der Waals surface area contributed by atoms with Gasteiger partial charge < -0.3 is 0 Å². The van der Waals surface area contributed by atoms with Crippen LogP contribution in [0.1, 0.15) is 36.7 Å². The molecule has 24 heavy (non-hydrogen) atoms. The van der Waals surface area contributed by atoms with E-state index in [4.69, 9.17) is 23.2 Å². The average molecular weight is 390 g/mol. The topological polar surface area (TPSA) is 55.2 Å². The molecule has 2 aromatic rings. The van der Waals surface area contributed by atoms with E-state index in [1.165, 1.54) is 22.5 Å². The van der Waals surface area contributed by atoms with Crippen LogP contribution in [-0.2, 0) is 23.6 Å². The fourth-order valence-corrected chi connectivity index (χ4v) is 4.67. The van der Waals surface area contributed by atoms with Gasteiger partial charge in [0.2, 0.25) is 10.0 Å². The van der Waals surface area contributed by atoms with Crippen LogP contribution >= 0.6 is 23.2 Å². The minimum Gasteiger partial charge on any atom is -0.272 e. The molecule has 8 heteroatoms. The van der Waals surface area contributed by atoms with Crippen molar-refractivity contribution in [3.05, 3.63) is 45.2 Å². The van der Waals surface area contributed by atoms with Crippen LogP contribution < -0.4 is 0 Å². The molecule has 0 atom stereocenters. The molecule has 0 aliphatic rings. The molecule has 1 heterocycles. The summed E-state index contributed by atoms with van der Waals surface area (Å²) in [5.74, 6) is 0.239. The van der Waals surface area contributed by atoms with Crippen molar-refractivity contribution in [2.24, 2.45) is 7.05 Å². The molecule has 2 rings (SSSR count). The van der Waals surface area contributed by atoms with Crippen LogP contribution in [-0.4, -0.2) is 29.6 Å². The lowest BCUT2D eigenvalue weighted by atomic mass is 10.0. The van der Waals surface area contributed by atoms with E-state index in [1.54, 1.807) is 7.05 Å². The summed E-state index contributed by atoms with van der Waals surface area (Å²) in [5, 5.41) is 5.00. The Hall–Kier alpha value is -1.08. The maximum atomic E-state index is 12.8. The predicted molar refractivity (Wildman–Crippen MR) is 97.1 cm³/mol. The molecule has 1 aromatic carbocycles. The Morgan fingerprint density at radius 2 is 1.75 bits per heavy atom. The second kappa shape index (κ2) is 7.04. The van der Waals surface area contributed by atoms with Crippen molar-refractivity contribution in [2.45, 2.75) is 38.1 Å². The molecule has 5 nitrogen and oxygen atoms in total. The Kier molecular flexibility index (Phi) is 5.64. The summed E-state index contributed by atoms with van der Waals surface area (Å²) >= 11 is 11.9. The largest absolute Gasteiger partial charge is 0.272 e. The summed E-state index contributed by atoms with van der Waals surface area (Å²) in [6, 6.07) is 4.31. The van der Waals surface area contributed by atoms with Gasteiger partial charge in [-0.3, -0.25) is 4.68 Å². The summed E-state index contributed by atoms with van der Waals surface area (Å²) in [5.41, 5.74) is 2.78. The third-order valence-corrected chi connectivity index (χ3v) is 6.08. The number of halogens is 2. The normalized spacial score (nSPS) is 12.4. The SMILES string of the molecule is Cc1nn(C)c(C(C)C)c1CN(C)S(=O)(=O)c1cc(Cl)cc(Cl)c1. The summed E-state index contributed by atoms with van der Waals surface area (Å²) in [6.07, 6.45) is 0. The molecule has 0 aliphatic heterocycles. The van der Waals surface area contributed by atoms with Crippen LogP contribution in [0, 0.1) is 6.92 Å². The van der Waals surface area contributed by atoms with Gasteiger partial charge in [-0.15, -0.1) is 0 Å². The van der Waals surface area contributed by atoms with E-state index in [0.717, 1.165) is 17.0 Å². The fourth-order valence-electron chi connectivity index (χ4n) is 2.80. The smallest absolute Gasteiger partial charge is 0.243 e. The minimum absolute atomic E-state index is 0.0788. The highest BCUT2D eigenvalue weighted by Gasteiger charge is 2.25. The minimum atomic E-state index is -3.70. The van der Waals surface area contributed by atoms with Gasteiger partial charge in [0.1, 0.15) is 0 Å². The van der Waals surface area contributed by atoms with E-state index in [0.29, 0.717) is 0 Å². The lowest BCUT2D eigenvalue weighted by molar-refractivity contribution is 0.463. The number of aryl methyl sites for hydroxylation is 2. The number of benzene rings is 1. The molecule has 0 fully saturated rings. The highest BCUT2D eigenvalue weighted by atomic mass is 35.5. The fraction of sp³-hybridized carbons (Fsp3) is 0.438. The van der Waals surface area contributed by atoms with Crippen molar-refractivity contribution in [3.8, 4) is 0 Å². The molecule has 0 saturated carbocycles. The van der Waals surface area contributed by atoms with Crippen LogP contribution in [0.2, 0.25) is 10.0 Å². The molecule has 132 valence electrons. The molecular formula is C16H21Cl2N3O2S. The molecule has 0 bridgehead atoms. The van der Waals surface area contributed by atoms with E-state index in [2.05, 4.69) is 18.9 Å². The first kappa shape index (κ1) is 19.2. The first-order chi connectivity index (χ1) is 11.0. The zero-order valence-corrected chi connectivity index (χ0v) is 16.7. The van der Waals surface area contributed by atoms with Crippen molar-refractivity contribution in [1.29, 1.82) is 0 Å². The van der Waals surface area contributed by atoms with Gasteiger partial charge in [0, 0.05) is 41.9 Å².